The monoisotopic (exact) mass is 303 g/mol. The molecule has 0 aliphatic heterocycles. The van der Waals surface area contributed by atoms with Crippen molar-refractivity contribution in [3.63, 3.8) is 0 Å². The van der Waals surface area contributed by atoms with E-state index in [-0.39, 0.29) is 0 Å². The lowest BCUT2D eigenvalue weighted by Gasteiger charge is -2.12. The number of ether oxygens (including phenoxy) is 1. The average Bonchev–Trinajstić information content (AvgIpc) is 2.54. The Bertz CT molecular complexity index is 511. The summed E-state index contributed by atoms with van der Waals surface area (Å²) in [5.41, 5.74) is 4.00. The van der Waals surface area contributed by atoms with Crippen LogP contribution >= 0.6 is 12.2 Å². The van der Waals surface area contributed by atoms with Gasteiger partial charge in [-0.3, -0.25) is 5.43 Å². The van der Waals surface area contributed by atoms with Crippen LogP contribution in [0.2, 0.25) is 0 Å². The van der Waals surface area contributed by atoms with Crippen molar-refractivity contribution in [2.75, 3.05) is 7.11 Å². The maximum Gasteiger partial charge on any atom is 0.187 e. The number of rotatable bonds is 5. The van der Waals surface area contributed by atoms with Gasteiger partial charge in [0.1, 0.15) is 5.75 Å². The Hall–Kier alpha value is -1.88. The van der Waals surface area contributed by atoms with Crippen molar-refractivity contribution in [2.45, 2.75) is 25.8 Å². The molecule has 0 saturated heterocycles. The quantitative estimate of drug-likeness (QED) is 0.380. The third kappa shape index (κ3) is 5.55. The summed E-state index contributed by atoms with van der Waals surface area (Å²) in [7, 11) is 1.66. The molecule has 2 N–H and O–H groups in total. The second-order valence-corrected chi connectivity index (χ2v) is 5.37. The Morgan fingerprint density at radius 2 is 2.19 bits per heavy atom. The second-order valence-electron chi connectivity index (χ2n) is 4.97. The van der Waals surface area contributed by atoms with Gasteiger partial charge in [-0.15, -0.1) is 0 Å². The highest BCUT2D eigenvalue weighted by Gasteiger charge is 2.06. The molecule has 0 aromatic heterocycles. The largest absolute Gasteiger partial charge is 0.497 e. The lowest BCUT2D eigenvalue weighted by Crippen LogP contribution is -2.31. The predicted octanol–water partition coefficient (Wildman–Crippen LogP) is 3.00. The first-order chi connectivity index (χ1) is 10.3. The van der Waals surface area contributed by atoms with Gasteiger partial charge in [0.05, 0.1) is 7.11 Å². The molecule has 112 valence electrons. The molecule has 21 heavy (non-hydrogen) atoms. The van der Waals surface area contributed by atoms with Crippen LogP contribution in [-0.4, -0.2) is 18.4 Å². The van der Waals surface area contributed by atoms with E-state index in [0.29, 0.717) is 17.6 Å². The first-order valence-corrected chi connectivity index (χ1v) is 7.53. The molecule has 1 aliphatic carbocycles. The summed E-state index contributed by atoms with van der Waals surface area (Å²) in [4.78, 5) is 0. The molecule has 1 aliphatic rings. The maximum absolute atomic E-state index is 5.19. The Morgan fingerprint density at radius 3 is 2.86 bits per heavy atom. The summed E-state index contributed by atoms with van der Waals surface area (Å²) in [5, 5.41) is 7.86. The normalized spacial score (nSPS) is 17.7. The smallest absolute Gasteiger partial charge is 0.187 e. The van der Waals surface area contributed by atoms with Crippen LogP contribution in [0.3, 0.4) is 0 Å². The van der Waals surface area contributed by atoms with E-state index in [9.17, 15) is 0 Å². The van der Waals surface area contributed by atoms with E-state index in [0.717, 1.165) is 30.6 Å². The molecule has 4 nitrogen and oxygen atoms in total. The SMILES string of the molecule is COc1ccc(CNC(=S)N/N=C\[C@@H]2CC=CCC2)cc1. The van der Waals surface area contributed by atoms with Gasteiger partial charge in [0.15, 0.2) is 5.11 Å². The van der Waals surface area contributed by atoms with Crippen molar-refractivity contribution in [1.29, 1.82) is 0 Å². The van der Waals surface area contributed by atoms with Gasteiger partial charge in [0, 0.05) is 12.8 Å². The third-order valence-corrected chi connectivity index (χ3v) is 3.61. The minimum Gasteiger partial charge on any atom is -0.497 e. The van der Waals surface area contributed by atoms with E-state index in [1.807, 2.05) is 30.5 Å². The third-order valence-electron chi connectivity index (χ3n) is 3.37. The van der Waals surface area contributed by atoms with E-state index in [1.54, 1.807) is 7.11 Å². The molecule has 2 rings (SSSR count). The summed E-state index contributed by atoms with van der Waals surface area (Å²) in [6.07, 6.45) is 9.74. The van der Waals surface area contributed by atoms with Gasteiger partial charge in [-0.25, -0.2) is 0 Å². The number of hydrogen-bond acceptors (Lipinski definition) is 3. The van der Waals surface area contributed by atoms with Crippen molar-refractivity contribution in [1.82, 2.24) is 10.7 Å². The zero-order valence-corrected chi connectivity index (χ0v) is 13.0. The van der Waals surface area contributed by atoms with Crippen molar-refractivity contribution in [2.24, 2.45) is 11.0 Å². The fourth-order valence-corrected chi connectivity index (χ4v) is 2.24. The highest BCUT2D eigenvalue weighted by Crippen LogP contribution is 2.15. The minimum absolute atomic E-state index is 0.520. The Labute approximate surface area is 131 Å². The van der Waals surface area contributed by atoms with Crippen molar-refractivity contribution < 1.29 is 4.74 Å². The molecule has 0 fully saturated rings. The second kappa shape index (κ2) is 8.42. The van der Waals surface area contributed by atoms with E-state index in [4.69, 9.17) is 17.0 Å². The first kappa shape index (κ1) is 15.5. The summed E-state index contributed by atoms with van der Waals surface area (Å²) >= 11 is 5.19. The van der Waals surface area contributed by atoms with Crippen molar-refractivity contribution >= 4 is 23.5 Å². The highest BCUT2D eigenvalue weighted by atomic mass is 32.1. The number of thiocarbonyl (C=S) groups is 1. The van der Waals surface area contributed by atoms with Crippen LogP contribution in [0, 0.1) is 5.92 Å². The number of allylic oxidation sites excluding steroid dienone is 2. The standard InChI is InChI=1S/C16H21N3OS/c1-20-15-9-7-14(8-10-15)11-17-16(21)19-18-12-13-5-3-2-4-6-13/h2-3,7-10,12-13H,4-6,11H2,1H3,(H2,17,19,21)/b18-12-/t13-/m1/s1. The summed E-state index contributed by atoms with van der Waals surface area (Å²) in [5.74, 6) is 1.37. The van der Waals surface area contributed by atoms with E-state index in [1.165, 1.54) is 0 Å². The number of nitrogens with one attached hydrogen (secondary N) is 2. The molecular weight excluding hydrogens is 282 g/mol. The molecule has 0 amide bonds. The zero-order chi connectivity index (χ0) is 14.9. The fraction of sp³-hybridized carbons (Fsp3) is 0.375. The van der Waals surface area contributed by atoms with Crippen molar-refractivity contribution in [3.05, 3.63) is 42.0 Å². The number of hydrogen-bond donors (Lipinski definition) is 2. The molecule has 0 radical (unpaired) electrons. The number of nitrogens with zero attached hydrogens (tertiary/aromatic N) is 1. The fourth-order valence-electron chi connectivity index (χ4n) is 2.12. The van der Waals surface area contributed by atoms with Crippen molar-refractivity contribution in [3.8, 4) is 5.75 Å². The number of methoxy groups -OCH3 is 1. The predicted molar refractivity (Wildman–Crippen MR) is 90.5 cm³/mol. The molecule has 0 spiro atoms. The van der Waals surface area contributed by atoms with Crippen LogP contribution in [-0.2, 0) is 6.54 Å². The van der Waals surface area contributed by atoms with Gasteiger partial charge >= 0.3 is 0 Å². The molecule has 1 aromatic carbocycles. The van der Waals surface area contributed by atoms with Gasteiger partial charge in [-0.1, -0.05) is 24.3 Å². The Morgan fingerprint density at radius 1 is 1.38 bits per heavy atom. The topological polar surface area (TPSA) is 45.6 Å². The Balaban J connectivity index is 1.69. The zero-order valence-electron chi connectivity index (χ0n) is 12.2. The molecule has 0 bridgehead atoms. The molecule has 1 atom stereocenters. The first-order valence-electron chi connectivity index (χ1n) is 7.13. The Kier molecular flexibility index (Phi) is 6.22. The van der Waals surface area contributed by atoms with Crippen LogP contribution in [0.4, 0.5) is 0 Å². The van der Waals surface area contributed by atoms with Crippen LogP contribution in [0.25, 0.3) is 0 Å². The van der Waals surface area contributed by atoms with Gasteiger partial charge in [-0.05, 0) is 55.1 Å². The number of benzene rings is 1. The van der Waals surface area contributed by atoms with Crippen LogP contribution < -0.4 is 15.5 Å². The summed E-state index contributed by atoms with van der Waals surface area (Å²) < 4.78 is 5.12. The van der Waals surface area contributed by atoms with E-state index in [2.05, 4.69) is 28.0 Å². The van der Waals surface area contributed by atoms with Crippen LogP contribution in [0.15, 0.2) is 41.5 Å². The van der Waals surface area contributed by atoms with Gasteiger partial charge in [0.2, 0.25) is 0 Å². The highest BCUT2D eigenvalue weighted by molar-refractivity contribution is 7.80. The number of hydrazone groups is 1. The molecule has 5 heteroatoms. The maximum atomic E-state index is 5.19. The molecule has 1 aromatic rings. The average molecular weight is 303 g/mol. The summed E-state index contributed by atoms with van der Waals surface area (Å²) in [6.45, 7) is 0.664. The molecular formula is C16H21N3OS. The lowest BCUT2D eigenvalue weighted by atomic mass is 9.96. The van der Waals surface area contributed by atoms with E-state index >= 15 is 0 Å². The minimum atomic E-state index is 0.520. The molecule has 0 heterocycles. The van der Waals surface area contributed by atoms with Gasteiger partial charge < -0.3 is 10.1 Å². The van der Waals surface area contributed by atoms with Gasteiger partial charge in [-0.2, -0.15) is 5.10 Å². The van der Waals surface area contributed by atoms with Crippen LogP contribution in [0.5, 0.6) is 5.75 Å². The molecule has 0 saturated carbocycles. The summed E-state index contributed by atoms with van der Waals surface area (Å²) in [6, 6.07) is 7.88. The van der Waals surface area contributed by atoms with Crippen LogP contribution in [0.1, 0.15) is 24.8 Å². The molecule has 0 unspecified atom stereocenters. The van der Waals surface area contributed by atoms with E-state index < -0.39 is 0 Å². The lowest BCUT2D eigenvalue weighted by molar-refractivity contribution is 0.414. The van der Waals surface area contributed by atoms with Gasteiger partial charge in [0.25, 0.3) is 0 Å².